The molecule has 2 rings (SSSR count). The van der Waals surface area contributed by atoms with Crippen LogP contribution in [-0.2, 0) is 6.42 Å². The Morgan fingerprint density at radius 1 is 1.36 bits per heavy atom. The molecule has 1 aliphatic heterocycles. The van der Waals surface area contributed by atoms with Crippen LogP contribution in [0.4, 0.5) is 0 Å². The Labute approximate surface area is 91.1 Å². The monoisotopic (exact) mass is 206 g/mol. The summed E-state index contributed by atoms with van der Waals surface area (Å²) < 4.78 is 0. The molecule has 1 aliphatic rings. The first-order valence-corrected chi connectivity index (χ1v) is 6.34. The Balaban J connectivity index is 2.31. The third kappa shape index (κ3) is 1.98. The molecule has 1 atom stereocenters. The van der Waals surface area contributed by atoms with Crippen LogP contribution >= 0.6 is 11.8 Å². The fourth-order valence-corrected chi connectivity index (χ4v) is 3.03. The lowest BCUT2D eigenvalue weighted by Gasteiger charge is -2.22. The van der Waals surface area contributed by atoms with E-state index in [1.54, 1.807) is 5.56 Å². The molecule has 1 heteroatoms. The van der Waals surface area contributed by atoms with E-state index in [1.807, 2.05) is 11.8 Å². The van der Waals surface area contributed by atoms with Crippen LogP contribution in [-0.4, -0.2) is 5.25 Å². The summed E-state index contributed by atoms with van der Waals surface area (Å²) in [6, 6.07) is 7.00. The van der Waals surface area contributed by atoms with Crippen molar-refractivity contribution >= 4 is 11.8 Å². The van der Waals surface area contributed by atoms with Gasteiger partial charge < -0.3 is 0 Å². The van der Waals surface area contributed by atoms with Crippen LogP contribution in [0.2, 0.25) is 0 Å². The molecular formula is C13H18S. The topological polar surface area (TPSA) is 0 Å². The van der Waals surface area contributed by atoms with Gasteiger partial charge in [0, 0.05) is 10.1 Å². The lowest BCUT2D eigenvalue weighted by Crippen LogP contribution is -2.07. The average Bonchev–Trinajstić information content (AvgIpc) is 2.16. The van der Waals surface area contributed by atoms with E-state index in [-0.39, 0.29) is 0 Å². The van der Waals surface area contributed by atoms with Crippen molar-refractivity contribution in [2.75, 3.05) is 0 Å². The maximum atomic E-state index is 2.40. The van der Waals surface area contributed by atoms with Gasteiger partial charge in [-0.05, 0) is 36.0 Å². The van der Waals surface area contributed by atoms with Crippen LogP contribution in [0.5, 0.6) is 0 Å². The molecule has 0 radical (unpaired) electrons. The molecule has 0 saturated heterocycles. The predicted octanol–water partition coefficient (Wildman–Crippen LogP) is 4.24. The first-order valence-electron chi connectivity index (χ1n) is 5.46. The number of hydrogen-bond acceptors (Lipinski definition) is 1. The van der Waals surface area contributed by atoms with Crippen LogP contribution < -0.4 is 0 Å². The molecule has 0 aromatic heterocycles. The summed E-state index contributed by atoms with van der Waals surface area (Å²) in [7, 11) is 0. The second kappa shape index (κ2) is 3.98. The van der Waals surface area contributed by atoms with Crippen LogP contribution in [0.1, 0.15) is 44.2 Å². The second-order valence-corrected chi connectivity index (χ2v) is 5.97. The number of thioether (sulfide) groups is 1. The molecule has 0 saturated carbocycles. The van der Waals surface area contributed by atoms with Gasteiger partial charge in [-0.2, -0.15) is 0 Å². The molecule has 1 aromatic rings. The third-order valence-corrected chi connectivity index (χ3v) is 4.19. The molecule has 1 unspecified atom stereocenters. The van der Waals surface area contributed by atoms with Gasteiger partial charge in [0.2, 0.25) is 0 Å². The zero-order valence-electron chi connectivity index (χ0n) is 9.21. The molecule has 0 aliphatic carbocycles. The number of aryl methyl sites for hydroxylation is 1. The fraction of sp³-hybridized carbons (Fsp3) is 0.538. The van der Waals surface area contributed by atoms with E-state index in [9.17, 15) is 0 Å². The van der Waals surface area contributed by atoms with Crippen molar-refractivity contribution in [1.29, 1.82) is 0 Å². The van der Waals surface area contributed by atoms with E-state index in [0.29, 0.717) is 5.92 Å². The molecule has 0 N–H and O–H groups in total. The van der Waals surface area contributed by atoms with Crippen molar-refractivity contribution in [2.45, 2.75) is 49.7 Å². The highest BCUT2D eigenvalue weighted by Crippen LogP contribution is 2.36. The molecular weight excluding hydrogens is 188 g/mol. The Morgan fingerprint density at radius 2 is 2.14 bits per heavy atom. The second-order valence-electron chi connectivity index (χ2n) is 4.49. The van der Waals surface area contributed by atoms with E-state index in [4.69, 9.17) is 0 Å². The summed E-state index contributed by atoms with van der Waals surface area (Å²) in [6.45, 7) is 6.85. The van der Waals surface area contributed by atoms with E-state index in [2.05, 4.69) is 39.0 Å². The van der Waals surface area contributed by atoms with E-state index in [0.717, 1.165) is 5.25 Å². The Morgan fingerprint density at radius 3 is 2.86 bits per heavy atom. The molecule has 14 heavy (non-hydrogen) atoms. The Hall–Kier alpha value is -0.430. The van der Waals surface area contributed by atoms with Gasteiger partial charge in [0.15, 0.2) is 0 Å². The van der Waals surface area contributed by atoms with E-state index in [1.165, 1.54) is 23.3 Å². The molecule has 0 bridgehead atoms. The van der Waals surface area contributed by atoms with Gasteiger partial charge in [0.25, 0.3) is 0 Å². The van der Waals surface area contributed by atoms with E-state index >= 15 is 0 Å². The summed E-state index contributed by atoms with van der Waals surface area (Å²) in [6.07, 6.45) is 2.60. The zero-order chi connectivity index (χ0) is 10.1. The number of fused-ring (bicyclic) bond motifs is 1. The first-order chi connectivity index (χ1) is 6.66. The largest absolute Gasteiger partial charge is 0.123 e. The highest BCUT2D eigenvalue weighted by molar-refractivity contribution is 8.00. The Bertz CT molecular complexity index is 328. The van der Waals surface area contributed by atoms with Crippen LogP contribution in [0.3, 0.4) is 0 Å². The van der Waals surface area contributed by atoms with Crippen molar-refractivity contribution in [1.82, 2.24) is 0 Å². The average molecular weight is 206 g/mol. The van der Waals surface area contributed by atoms with Crippen LogP contribution in [0, 0.1) is 0 Å². The van der Waals surface area contributed by atoms with Gasteiger partial charge in [-0.15, -0.1) is 11.8 Å². The SMILES string of the molecule is CC1CCc2cc(C(C)C)ccc2S1. The van der Waals surface area contributed by atoms with Gasteiger partial charge in [-0.1, -0.05) is 32.9 Å². The maximum absolute atomic E-state index is 2.40. The summed E-state index contributed by atoms with van der Waals surface area (Å²) in [5.74, 6) is 0.657. The zero-order valence-corrected chi connectivity index (χ0v) is 10.0. The molecule has 0 nitrogen and oxygen atoms in total. The third-order valence-electron chi connectivity index (χ3n) is 2.90. The predicted molar refractivity (Wildman–Crippen MR) is 64.2 cm³/mol. The smallest absolute Gasteiger partial charge is 0.0107 e. The summed E-state index contributed by atoms with van der Waals surface area (Å²) in [4.78, 5) is 1.51. The van der Waals surface area contributed by atoms with Gasteiger partial charge in [-0.3, -0.25) is 0 Å². The summed E-state index contributed by atoms with van der Waals surface area (Å²) >= 11 is 2.03. The molecule has 1 aromatic carbocycles. The lowest BCUT2D eigenvalue weighted by atomic mass is 9.98. The van der Waals surface area contributed by atoms with Crippen molar-refractivity contribution in [3.8, 4) is 0 Å². The molecule has 76 valence electrons. The Kier molecular flexibility index (Phi) is 2.87. The van der Waals surface area contributed by atoms with Gasteiger partial charge in [0.1, 0.15) is 0 Å². The molecule has 0 amide bonds. The maximum Gasteiger partial charge on any atom is 0.0107 e. The summed E-state index contributed by atoms with van der Waals surface area (Å²) in [5.41, 5.74) is 3.05. The minimum atomic E-state index is 0.657. The van der Waals surface area contributed by atoms with Crippen molar-refractivity contribution in [2.24, 2.45) is 0 Å². The normalized spacial score (nSPS) is 21.0. The quantitative estimate of drug-likeness (QED) is 0.662. The fourth-order valence-electron chi connectivity index (χ4n) is 1.90. The molecule has 0 spiro atoms. The number of benzene rings is 1. The summed E-state index contributed by atoms with van der Waals surface area (Å²) in [5, 5.41) is 0.799. The highest BCUT2D eigenvalue weighted by atomic mass is 32.2. The van der Waals surface area contributed by atoms with Crippen molar-refractivity contribution in [3.05, 3.63) is 29.3 Å². The first kappa shape index (κ1) is 10.1. The van der Waals surface area contributed by atoms with Crippen LogP contribution in [0.25, 0.3) is 0 Å². The van der Waals surface area contributed by atoms with Crippen LogP contribution in [0.15, 0.2) is 23.1 Å². The lowest BCUT2D eigenvalue weighted by molar-refractivity contribution is 0.772. The van der Waals surface area contributed by atoms with Gasteiger partial charge in [-0.25, -0.2) is 0 Å². The minimum absolute atomic E-state index is 0.657. The standard InChI is InChI=1S/C13H18S/c1-9(2)11-6-7-13-12(8-11)5-4-10(3)14-13/h6-10H,4-5H2,1-3H3. The van der Waals surface area contributed by atoms with Crippen molar-refractivity contribution < 1.29 is 0 Å². The van der Waals surface area contributed by atoms with E-state index < -0.39 is 0 Å². The molecule has 1 heterocycles. The minimum Gasteiger partial charge on any atom is -0.123 e. The van der Waals surface area contributed by atoms with Crippen molar-refractivity contribution in [3.63, 3.8) is 0 Å². The number of hydrogen-bond donors (Lipinski definition) is 0. The molecule has 0 fully saturated rings. The number of rotatable bonds is 1. The van der Waals surface area contributed by atoms with Gasteiger partial charge >= 0.3 is 0 Å². The van der Waals surface area contributed by atoms with Gasteiger partial charge in [0.05, 0.1) is 0 Å². The highest BCUT2D eigenvalue weighted by Gasteiger charge is 2.16.